The smallest absolute Gasteiger partial charge is 0.0770 e. The summed E-state index contributed by atoms with van der Waals surface area (Å²) >= 11 is 0. The Morgan fingerprint density at radius 2 is 1.80 bits per heavy atom. The van der Waals surface area contributed by atoms with Gasteiger partial charge in [0.2, 0.25) is 0 Å². The molecule has 0 amide bonds. The lowest BCUT2D eigenvalue weighted by atomic mass is 9.62. The van der Waals surface area contributed by atoms with Crippen LogP contribution < -0.4 is 0 Å². The van der Waals surface area contributed by atoms with E-state index >= 15 is 0 Å². The lowest BCUT2D eigenvalue weighted by Crippen LogP contribution is -2.41. The fourth-order valence-corrected chi connectivity index (χ4v) is 3.56. The summed E-state index contributed by atoms with van der Waals surface area (Å²) in [6.07, 6.45) is 3.19. The summed E-state index contributed by atoms with van der Waals surface area (Å²) in [6.45, 7) is 0. The molecule has 1 aliphatic rings. The molecule has 0 bridgehead atoms. The lowest BCUT2D eigenvalue weighted by Gasteiger charge is -2.45. The first kappa shape index (κ1) is 13.1. The molecule has 1 unspecified atom stereocenters. The summed E-state index contributed by atoms with van der Waals surface area (Å²) in [4.78, 5) is 2.21. The summed E-state index contributed by atoms with van der Waals surface area (Å²) in [5, 5.41) is 12.2. The Hall–Kier alpha value is -1.85. The minimum absolute atomic E-state index is 0.173. The van der Waals surface area contributed by atoms with Crippen LogP contribution in [0.15, 0.2) is 42.5 Å². The number of hydrogen-bond acceptors (Lipinski definition) is 2. The van der Waals surface area contributed by atoms with Gasteiger partial charge in [-0.1, -0.05) is 48.9 Å². The van der Waals surface area contributed by atoms with E-state index in [0.717, 1.165) is 12.8 Å². The highest BCUT2D eigenvalue weighted by Crippen LogP contribution is 2.52. The van der Waals surface area contributed by atoms with Crippen LogP contribution in [0.25, 0.3) is 10.8 Å². The van der Waals surface area contributed by atoms with Gasteiger partial charge in [0.05, 0.1) is 17.5 Å². The Morgan fingerprint density at radius 3 is 2.40 bits per heavy atom. The maximum absolute atomic E-state index is 9.71. The van der Waals surface area contributed by atoms with Gasteiger partial charge in [0.15, 0.2) is 0 Å². The molecule has 0 heterocycles. The van der Waals surface area contributed by atoms with Gasteiger partial charge in [0.1, 0.15) is 0 Å². The molecule has 102 valence electrons. The van der Waals surface area contributed by atoms with Crippen LogP contribution in [-0.4, -0.2) is 19.0 Å². The van der Waals surface area contributed by atoms with Gasteiger partial charge in [-0.05, 0) is 43.3 Å². The molecule has 0 radical (unpaired) electrons. The summed E-state index contributed by atoms with van der Waals surface area (Å²) in [5.74, 6) is 0. The minimum Gasteiger partial charge on any atom is -0.301 e. The highest BCUT2D eigenvalue weighted by Gasteiger charge is 2.46. The number of nitriles is 1. The molecule has 1 saturated carbocycles. The molecule has 0 N–H and O–H groups in total. The first-order valence-corrected chi connectivity index (χ1v) is 7.23. The molecule has 1 fully saturated rings. The first-order chi connectivity index (χ1) is 9.68. The van der Waals surface area contributed by atoms with Crippen LogP contribution in [0.5, 0.6) is 0 Å². The molecule has 1 aliphatic carbocycles. The van der Waals surface area contributed by atoms with Crippen LogP contribution in [0.3, 0.4) is 0 Å². The van der Waals surface area contributed by atoms with Crippen LogP contribution in [0.4, 0.5) is 0 Å². The van der Waals surface area contributed by atoms with Crippen molar-refractivity contribution in [2.75, 3.05) is 14.1 Å². The van der Waals surface area contributed by atoms with Crippen molar-refractivity contribution in [3.8, 4) is 6.07 Å². The van der Waals surface area contributed by atoms with Crippen LogP contribution in [0.1, 0.15) is 30.9 Å². The Kier molecular flexibility index (Phi) is 3.23. The number of hydrogen-bond donors (Lipinski definition) is 0. The molecule has 1 atom stereocenters. The van der Waals surface area contributed by atoms with E-state index in [1.807, 2.05) is 0 Å². The van der Waals surface area contributed by atoms with Gasteiger partial charge in [-0.15, -0.1) is 0 Å². The van der Waals surface area contributed by atoms with Crippen molar-refractivity contribution in [2.45, 2.75) is 25.3 Å². The van der Waals surface area contributed by atoms with Crippen molar-refractivity contribution >= 4 is 10.8 Å². The van der Waals surface area contributed by atoms with Crippen molar-refractivity contribution in [1.29, 1.82) is 5.26 Å². The van der Waals surface area contributed by atoms with Crippen LogP contribution in [0, 0.1) is 16.7 Å². The Labute approximate surface area is 120 Å². The molecule has 0 spiro atoms. The Bertz CT molecular complexity index is 657. The average Bonchev–Trinajstić information content (AvgIpc) is 2.42. The van der Waals surface area contributed by atoms with Crippen LogP contribution in [0.2, 0.25) is 0 Å². The molecular weight excluding hydrogens is 244 g/mol. The van der Waals surface area contributed by atoms with Crippen LogP contribution in [-0.2, 0) is 0 Å². The van der Waals surface area contributed by atoms with Crippen molar-refractivity contribution < 1.29 is 0 Å². The summed E-state index contributed by atoms with van der Waals surface area (Å²) in [6, 6.07) is 17.7. The van der Waals surface area contributed by atoms with Gasteiger partial charge < -0.3 is 4.90 Å². The molecule has 0 aliphatic heterocycles. The molecule has 2 heteroatoms. The van der Waals surface area contributed by atoms with E-state index in [1.54, 1.807) is 0 Å². The van der Waals surface area contributed by atoms with Crippen molar-refractivity contribution in [3.05, 3.63) is 48.0 Å². The van der Waals surface area contributed by atoms with E-state index < -0.39 is 0 Å². The fraction of sp³-hybridized carbons (Fsp3) is 0.389. The second-order valence-electron chi connectivity index (χ2n) is 6.06. The second-order valence-corrected chi connectivity index (χ2v) is 6.06. The van der Waals surface area contributed by atoms with Crippen LogP contribution >= 0.6 is 0 Å². The quantitative estimate of drug-likeness (QED) is 0.833. The SMILES string of the molecule is CN(C)C(c1cccc2ccccc12)C1(C#N)CCC1. The van der Waals surface area contributed by atoms with Crippen molar-refractivity contribution in [1.82, 2.24) is 4.90 Å². The Morgan fingerprint density at radius 1 is 1.10 bits per heavy atom. The van der Waals surface area contributed by atoms with E-state index in [0.29, 0.717) is 0 Å². The monoisotopic (exact) mass is 264 g/mol. The molecule has 2 nitrogen and oxygen atoms in total. The highest BCUT2D eigenvalue weighted by atomic mass is 15.1. The molecule has 2 aromatic rings. The number of benzene rings is 2. The summed E-state index contributed by atoms with van der Waals surface area (Å²) < 4.78 is 0. The van der Waals surface area contributed by atoms with Gasteiger partial charge >= 0.3 is 0 Å². The van der Waals surface area contributed by atoms with E-state index in [1.165, 1.54) is 22.8 Å². The summed E-state index contributed by atoms with van der Waals surface area (Å²) in [5.41, 5.74) is 1.07. The standard InChI is InChI=1S/C18H20N2/c1-20(2)17(18(13-19)11-6-12-18)16-10-5-8-14-7-3-4-9-15(14)16/h3-5,7-10,17H,6,11-12H2,1-2H3. The van der Waals surface area contributed by atoms with Gasteiger partial charge in [0, 0.05) is 0 Å². The highest BCUT2D eigenvalue weighted by molar-refractivity contribution is 5.86. The van der Waals surface area contributed by atoms with Gasteiger partial charge in [0.25, 0.3) is 0 Å². The van der Waals surface area contributed by atoms with E-state index in [9.17, 15) is 5.26 Å². The zero-order chi connectivity index (χ0) is 14.2. The maximum atomic E-state index is 9.71. The topological polar surface area (TPSA) is 27.0 Å². The van der Waals surface area contributed by atoms with E-state index in [4.69, 9.17) is 0 Å². The zero-order valence-corrected chi connectivity index (χ0v) is 12.1. The molecule has 3 rings (SSSR count). The summed E-state index contributed by atoms with van der Waals surface area (Å²) in [7, 11) is 4.17. The van der Waals surface area contributed by atoms with Gasteiger partial charge in [-0.3, -0.25) is 0 Å². The first-order valence-electron chi connectivity index (χ1n) is 7.23. The second kappa shape index (κ2) is 4.92. The molecule has 2 aromatic carbocycles. The number of rotatable bonds is 3. The predicted octanol–water partition coefficient (Wildman–Crippen LogP) is 4.14. The molecule has 0 saturated heterocycles. The number of nitrogens with zero attached hydrogens (tertiary/aromatic N) is 2. The lowest BCUT2D eigenvalue weighted by molar-refractivity contribution is 0.0758. The molecule has 0 aromatic heterocycles. The normalized spacial score (nSPS) is 18.5. The Balaban J connectivity index is 2.18. The molecular formula is C18H20N2. The largest absolute Gasteiger partial charge is 0.301 e. The predicted molar refractivity (Wildman–Crippen MR) is 82.3 cm³/mol. The molecule has 20 heavy (non-hydrogen) atoms. The van der Waals surface area contributed by atoms with Gasteiger partial charge in [-0.25, -0.2) is 0 Å². The van der Waals surface area contributed by atoms with Crippen molar-refractivity contribution in [2.24, 2.45) is 5.41 Å². The zero-order valence-electron chi connectivity index (χ0n) is 12.1. The van der Waals surface area contributed by atoms with E-state index in [2.05, 4.69) is 67.5 Å². The fourth-order valence-electron chi connectivity index (χ4n) is 3.56. The number of fused-ring (bicyclic) bond motifs is 1. The third kappa shape index (κ3) is 1.90. The van der Waals surface area contributed by atoms with Crippen molar-refractivity contribution in [3.63, 3.8) is 0 Å². The minimum atomic E-state index is -0.215. The third-order valence-corrected chi connectivity index (χ3v) is 4.63. The van der Waals surface area contributed by atoms with E-state index in [-0.39, 0.29) is 11.5 Å². The maximum Gasteiger partial charge on any atom is 0.0770 e. The third-order valence-electron chi connectivity index (χ3n) is 4.63. The average molecular weight is 264 g/mol. The van der Waals surface area contributed by atoms with Gasteiger partial charge in [-0.2, -0.15) is 5.26 Å².